The van der Waals surface area contributed by atoms with Crippen LogP contribution in [0.25, 0.3) is 0 Å². The molecule has 1 aliphatic rings. The Labute approximate surface area is 152 Å². The van der Waals surface area contributed by atoms with Crippen LogP contribution in [-0.2, 0) is 11.2 Å². The molecule has 0 aromatic heterocycles. The molecule has 3 rings (SSSR count). The first kappa shape index (κ1) is 17.8. The Morgan fingerprint density at radius 1 is 1.23 bits per heavy atom. The van der Waals surface area contributed by atoms with Crippen molar-refractivity contribution in [3.05, 3.63) is 59.2 Å². The fraction of sp³-hybridized carbons (Fsp3) is 0.300. The average Bonchev–Trinajstić information content (AvgIpc) is 2.90. The highest BCUT2D eigenvalue weighted by Crippen LogP contribution is 2.35. The number of hydrogen-bond acceptors (Lipinski definition) is 5. The fourth-order valence-corrected chi connectivity index (χ4v) is 2.94. The van der Waals surface area contributed by atoms with Crippen LogP contribution in [0, 0.1) is 0 Å². The molecule has 1 amide bonds. The number of hydrogen-bond donors (Lipinski definition) is 2. The van der Waals surface area contributed by atoms with Crippen molar-refractivity contribution >= 4 is 11.8 Å². The van der Waals surface area contributed by atoms with Gasteiger partial charge in [0.05, 0.1) is 12.3 Å². The van der Waals surface area contributed by atoms with E-state index in [1.807, 2.05) is 32.0 Å². The van der Waals surface area contributed by atoms with Crippen molar-refractivity contribution in [2.75, 3.05) is 6.61 Å². The van der Waals surface area contributed by atoms with Crippen molar-refractivity contribution in [2.45, 2.75) is 32.8 Å². The lowest BCUT2D eigenvalue weighted by Gasteiger charge is -2.16. The monoisotopic (exact) mass is 354 g/mol. The molecule has 6 heteroatoms. The zero-order valence-corrected chi connectivity index (χ0v) is 15.1. The van der Waals surface area contributed by atoms with Gasteiger partial charge in [-0.2, -0.15) is 5.10 Å². The maximum atomic E-state index is 11.6. The van der Waals surface area contributed by atoms with Crippen LogP contribution < -0.4 is 10.2 Å². The lowest BCUT2D eigenvalue weighted by atomic mass is 9.96. The largest absolute Gasteiger partial charge is 0.508 e. The Hall–Kier alpha value is -3.02. The quantitative estimate of drug-likeness (QED) is 0.649. The summed E-state index contributed by atoms with van der Waals surface area (Å²) >= 11 is 0. The number of rotatable bonds is 4. The SMILES string of the molecule is CCOC(=O)N/N=C(\c1ccc(O)cc1)c1ccc2c(c1)CC(C)(C)O2. The highest BCUT2D eigenvalue weighted by molar-refractivity contribution is 6.13. The third-order valence-electron chi connectivity index (χ3n) is 4.01. The topological polar surface area (TPSA) is 80.2 Å². The van der Waals surface area contributed by atoms with Gasteiger partial charge in [-0.15, -0.1) is 0 Å². The van der Waals surface area contributed by atoms with Crippen molar-refractivity contribution in [3.63, 3.8) is 0 Å². The molecule has 26 heavy (non-hydrogen) atoms. The molecule has 0 fully saturated rings. The number of nitrogens with zero attached hydrogens (tertiary/aromatic N) is 1. The van der Waals surface area contributed by atoms with E-state index < -0.39 is 6.09 Å². The predicted octanol–water partition coefficient (Wildman–Crippen LogP) is 3.60. The minimum atomic E-state index is -0.616. The van der Waals surface area contributed by atoms with E-state index in [-0.39, 0.29) is 18.0 Å². The molecule has 2 aromatic rings. The van der Waals surface area contributed by atoms with E-state index in [1.54, 1.807) is 31.2 Å². The normalized spacial score (nSPS) is 15.1. The van der Waals surface area contributed by atoms with Crippen molar-refractivity contribution in [1.82, 2.24) is 5.43 Å². The summed E-state index contributed by atoms with van der Waals surface area (Å²) in [4.78, 5) is 11.6. The number of carbonyl (C=O) groups is 1. The Balaban J connectivity index is 1.97. The number of carbonyl (C=O) groups excluding carboxylic acids is 1. The summed E-state index contributed by atoms with van der Waals surface area (Å²) in [6.45, 7) is 6.08. The molecule has 0 bridgehead atoms. The summed E-state index contributed by atoms with van der Waals surface area (Å²) < 4.78 is 10.8. The minimum absolute atomic E-state index is 0.163. The van der Waals surface area contributed by atoms with Crippen molar-refractivity contribution in [1.29, 1.82) is 0 Å². The highest BCUT2D eigenvalue weighted by atomic mass is 16.5. The van der Waals surface area contributed by atoms with Gasteiger partial charge in [-0.25, -0.2) is 10.2 Å². The number of hydrazone groups is 1. The van der Waals surface area contributed by atoms with Gasteiger partial charge < -0.3 is 14.6 Å². The Morgan fingerprint density at radius 2 is 1.92 bits per heavy atom. The lowest BCUT2D eigenvalue weighted by Crippen LogP contribution is -2.24. The van der Waals surface area contributed by atoms with Gasteiger partial charge in [0.1, 0.15) is 17.1 Å². The second-order valence-corrected chi connectivity index (χ2v) is 6.70. The summed E-state index contributed by atoms with van der Waals surface area (Å²) in [6.07, 6.45) is 0.180. The predicted molar refractivity (Wildman–Crippen MR) is 98.8 cm³/mol. The maximum absolute atomic E-state index is 11.6. The van der Waals surface area contributed by atoms with E-state index in [9.17, 15) is 9.90 Å². The number of fused-ring (bicyclic) bond motifs is 1. The number of nitrogens with one attached hydrogen (secondary N) is 1. The molecule has 1 heterocycles. The minimum Gasteiger partial charge on any atom is -0.508 e. The first-order chi connectivity index (χ1) is 12.4. The van der Waals surface area contributed by atoms with Gasteiger partial charge in [-0.05, 0) is 68.8 Å². The lowest BCUT2D eigenvalue weighted by molar-refractivity contribution is 0.138. The molecule has 6 nitrogen and oxygen atoms in total. The molecule has 0 radical (unpaired) electrons. The molecule has 2 aromatic carbocycles. The number of phenolic OH excluding ortho intramolecular Hbond substituents is 1. The van der Waals surface area contributed by atoms with Crippen molar-refractivity contribution < 1.29 is 19.4 Å². The zero-order chi connectivity index (χ0) is 18.7. The number of aromatic hydroxyl groups is 1. The molecule has 136 valence electrons. The van der Waals surface area contributed by atoms with E-state index in [2.05, 4.69) is 10.5 Å². The number of ether oxygens (including phenoxy) is 2. The van der Waals surface area contributed by atoms with Crippen LogP contribution >= 0.6 is 0 Å². The van der Waals surface area contributed by atoms with Gasteiger partial charge in [0, 0.05) is 17.5 Å². The second-order valence-electron chi connectivity index (χ2n) is 6.70. The van der Waals surface area contributed by atoms with Crippen LogP contribution in [0.15, 0.2) is 47.6 Å². The van der Waals surface area contributed by atoms with E-state index in [0.717, 1.165) is 28.9 Å². The van der Waals surface area contributed by atoms with Gasteiger partial charge in [0.25, 0.3) is 0 Å². The highest BCUT2D eigenvalue weighted by Gasteiger charge is 2.30. The molecular weight excluding hydrogens is 332 g/mol. The summed E-state index contributed by atoms with van der Waals surface area (Å²) in [5, 5.41) is 13.8. The number of benzene rings is 2. The molecule has 2 N–H and O–H groups in total. The van der Waals surface area contributed by atoms with Gasteiger partial charge in [0.15, 0.2) is 0 Å². The average molecular weight is 354 g/mol. The first-order valence-corrected chi connectivity index (χ1v) is 8.50. The molecular formula is C20H22N2O4. The Bertz CT molecular complexity index is 841. The Kier molecular flexibility index (Phi) is 4.84. The molecule has 0 spiro atoms. The van der Waals surface area contributed by atoms with Crippen LogP contribution in [0.4, 0.5) is 4.79 Å². The summed E-state index contributed by atoms with van der Waals surface area (Å²) in [5.41, 5.74) is 5.45. The summed E-state index contributed by atoms with van der Waals surface area (Å²) in [5.74, 6) is 1.03. The Morgan fingerprint density at radius 3 is 2.62 bits per heavy atom. The van der Waals surface area contributed by atoms with Crippen LogP contribution in [-0.4, -0.2) is 29.1 Å². The number of phenols is 1. The first-order valence-electron chi connectivity index (χ1n) is 8.50. The molecule has 0 aliphatic carbocycles. The number of amides is 1. The molecule has 0 saturated heterocycles. The van der Waals surface area contributed by atoms with Crippen LogP contribution in [0.3, 0.4) is 0 Å². The van der Waals surface area contributed by atoms with E-state index >= 15 is 0 Å². The summed E-state index contributed by atoms with van der Waals surface area (Å²) in [7, 11) is 0. The second kappa shape index (κ2) is 7.07. The summed E-state index contributed by atoms with van der Waals surface area (Å²) in [6, 6.07) is 12.5. The van der Waals surface area contributed by atoms with Gasteiger partial charge in [-0.3, -0.25) is 0 Å². The van der Waals surface area contributed by atoms with Gasteiger partial charge >= 0.3 is 6.09 Å². The van der Waals surface area contributed by atoms with E-state index in [1.165, 1.54) is 0 Å². The fourth-order valence-electron chi connectivity index (χ4n) is 2.94. The maximum Gasteiger partial charge on any atom is 0.427 e. The third-order valence-corrected chi connectivity index (χ3v) is 4.01. The van der Waals surface area contributed by atoms with Crippen molar-refractivity contribution in [2.24, 2.45) is 5.10 Å². The third kappa shape index (κ3) is 3.96. The van der Waals surface area contributed by atoms with Crippen molar-refractivity contribution in [3.8, 4) is 11.5 Å². The van der Waals surface area contributed by atoms with Crippen LogP contribution in [0.2, 0.25) is 0 Å². The van der Waals surface area contributed by atoms with E-state index in [4.69, 9.17) is 9.47 Å². The van der Waals surface area contributed by atoms with E-state index in [0.29, 0.717) is 5.71 Å². The smallest absolute Gasteiger partial charge is 0.427 e. The van der Waals surface area contributed by atoms with Crippen LogP contribution in [0.1, 0.15) is 37.5 Å². The van der Waals surface area contributed by atoms with Gasteiger partial charge in [-0.1, -0.05) is 0 Å². The van der Waals surface area contributed by atoms with Gasteiger partial charge in [0.2, 0.25) is 0 Å². The zero-order valence-electron chi connectivity index (χ0n) is 15.1. The molecule has 0 unspecified atom stereocenters. The molecule has 0 atom stereocenters. The standard InChI is InChI=1S/C20H22N2O4/c1-4-25-19(24)22-21-18(13-5-8-16(23)9-6-13)14-7-10-17-15(11-14)12-20(2,3)26-17/h5-11,23H,4,12H2,1-3H3,(H,22,24)/b21-18+. The molecule has 0 saturated carbocycles. The molecule has 1 aliphatic heterocycles. The van der Waals surface area contributed by atoms with Crippen LogP contribution in [0.5, 0.6) is 11.5 Å².